The van der Waals surface area contributed by atoms with Gasteiger partial charge in [0.1, 0.15) is 5.75 Å². The Morgan fingerprint density at radius 1 is 1.16 bits per heavy atom. The van der Waals surface area contributed by atoms with E-state index in [1.165, 1.54) is 5.56 Å². The molecule has 1 atom stereocenters. The summed E-state index contributed by atoms with van der Waals surface area (Å²) in [6, 6.07) is 14.0. The van der Waals surface area contributed by atoms with Crippen molar-refractivity contribution in [3.63, 3.8) is 0 Å². The topological polar surface area (TPSA) is 48.1 Å². The van der Waals surface area contributed by atoms with E-state index in [0.29, 0.717) is 13.2 Å². The molecule has 0 amide bonds. The van der Waals surface area contributed by atoms with E-state index in [4.69, 9.17) is 10.5 Å². The monoisotopic (exact) mass is 256 g/mol. The number of aryl methyl sites for hydroxylation is 1. The molecule has 0 spiro atoms. The molecule has 0 bridgehead atoms. The van der Waals surface area contributed by atoms with E-state index in [2.05, 4.69) is 24.0 Å². The predicted octanol–water partition coefficient (Wildman–Crippen LogP) is 2.90. The van der Waals surface area contributed by atoms with Crippen LogP contribution in [0.3, 0.4) is 0 Å². The minimum absolute atomic E-state index is 0.256. The molecule has 2 aromatic rings. The van der Waals surface area contributed by atoms with Crippen molar-refractivity contribution in [1.82, 2.24) is 4.98 Å². The van der Waals surface area contributed by atoms with E-state index in [1.807, 2.05) is 30.3 Å². The maximum absolute atomic E-state index is 5.81. The lowest BCUT2D eigenvalue weighted by Crippen LogP contribution is -2.16. The van der Waals surface area contributed by atoms with E-state index >= 15 is 0 Å². The molecule has 19 heavy (non-hydrogen) atoms. The zero-order valence-corrected chi connectivity index (χ0v) is 11.3. The van der Waals surface area contributed by atoms with Gasteiger partial charge in [-0.15, -0.1) is 0 Å². The molecule has 0 radical (unpaired) electrons. The number of nitrogens with zero attached hydrogens (tertiary/aromatic N) is 1. The third kappa shape index (κ3) is 4.07. The first-order valence-corrected chi connectivity index (χ1v) is 6.60. The molecule has 3 nitrogen and oxygen atoms in total. The lowest BCUT2D eigenvalue weighted by Gasteiger charge is -2.14. The molecular weight excluding hydrogens is 236 g/mol. The molecule has 100 valence electrons. The van der Waals surface area contributed by atoms with Crippen LogP contribution in [0.5, 0.6) is 5.75 Å². The molecule has 3 heteroatoms. The highest BCUT2D eigenvalue weighted by Gasteiger charge is 2.10. The lowest BCUT2D eigenvalue weighted by molar-refractivity contribution is 0.297. The van der Waals surface area contributed by atoms with Crippen LogP contribution >= 0.6 is 0 Å². The Kier molecular flexibility index (Phi) is 4.93. The van der Waals surface area contributed by atoms with Crippen LogP contribution in [0.15, 0.2) is 48.7 Å². The minimum Gasteiger partial charge on any atom is -0.494 e. The lowest BCUT2D eigenvalue weighted by atomic mass is 10.0. The van der Waals surface area contributed by atoms with Gasteiger partial charge in [-0.05, 0) is 37.6 Å². The van der Waals surface area contributed by atoms with Gasteiger partial charge in [-0.1, -0.05) is 23.8 Å². The van der Waals surface area contributed by atoms with Gasteiger partial charge in [0.25, 0.3) is 0 Å². The van der Waals surface area contributed by atoms with Gasteiger partial charge in [-0.3, -0.25) is 4.98 Å². The van der Waals surface area contributed by atoms with E-state index in [1.54, 1.807) is 6.20 Å². The zero-order chi connectivity index (χ0) is 13.5. The second-order valence-electron chi connectivity index (χ2n) is 4.64. The van der Waals surface area contributed by atoms with Crippen LogP contribution in [0.1, 0.15) is 23.6 Å². The molecule has 1 aromatic carbocycles. The van der Waals surface area contributed by atoms with E-state index in [0.717, 1.165) is 17.9 Å². The second-order valence-corrected chi connectivity index (χ2v) is 4.64. The Hall–Kier alpha value is -1.87. The van der Waals surface area contributed by atoms with Crippen LogP contribution < -0.4 is 10.5 Å². The Morgan fingerprint density at radius 3 is 2.58 bits per heavy atom. The number of hydrogen-bond acceptors (Lipinski definition) is 3. The van der Waals surface area contributed by atoms with Gasteiger partial charge >= 0.3 is 0 Å². The molecule has 0 fully saturated rings. The van der Waals surface area contributed by atoms with Crippen molar-refractivity contribution >= 4 is 0 Å². The Morgan fingerprint density at radius 2 is 1.95 bits per heavy atom. The predicted molar refractivity (Wildman–Crippen MR) is 77.3 cm³/mol. The molecule has 1 aromatic heterocycles. The first-order valence-electron chi connectivity index (χ1n) is 6.60. The Balaban J connectivity index is 1.85. The summed E-state index contributed by atoms with van der Waals surface area (Å²) < 4.78 is 5.73. The summed E-state index contributed by atoms with van der Waals surface area (Å²) in [6.45, 7) is 3.31. The average Bonchev–Trinajstić information content (AvgIpc) is 2.46. The molecule has 0 aliphatic carbocycles. The van der Waals surface area contributed by atoms with Crippen molar-refractivity contribution in [2.45, 2.75) is 19.3 Å². The number of hydrogen-bond donors (Lipinski definition) is 1. The summed E-state index contributed by atoms with van der Waals surface area (Å²) in [6.07, 6.45) is 2.68. The summed E-state index contributed by atoms with van der Waals surface area (Å²) in [7, 11) is 0. The molecular formula is C16H20N2O. The first kappa shape index (κ1) is 13.6. The molecule has 0 saturated carbocycles. The highest BCUT2D eigenvalue weighted by molar-refractivity contribution is 5.26. The fourth-order valence-electron chi connectivity index (χ4n) is 1.96. The highest BCUT2D eigenvalue weighted by Crippen LogP contribution is 2.17. The summed E-state index contributed by atoms with van der Waals surface area (Å²) in [4.78, 5) is 4.35. The number of benzene rings is 1. The van der Waals surface area contributed by atoms with E-state index in [9.17, 15) is 0 Å². The molecule has 1 unspecified atom stereocenters. The molecule has 2 N–H and O–H groups in total. The molecule has 2 rings (SSSR count). The fourth-order valence-corrected chi connectivity index (χ4v) is 1.96. The molecule has 0 saturated heterocycles. The van der Waals surface area contributed by atoms with Crippen LogP contribution in [-0.4, -0.2) is 18.1 Å². The quantitative estimate of drug-likeness (QED) is 0.864. The normalized spacial score (nSPS) is 12.1. The third-order valence-corrected chi connectivity index (χ3v) is 3.15. The summed E-state index contributed by atoms with van der Waals surface area (Å²) in [5.74, 6) is 1.16. The van der Waals surface area contributed by atoms with Crippen LogP contribution in [-0.2, 0) is 0 Å². The maximum atomic E-state index is 5.81. The number of aromatic nitrogens is 1. The van der Waals surface area contributed by atoms with Crippen LogP contribution in [0, 0.1) is 6.92 Å². The molecule has 0 aliphatic rings. The van der Waals surface area contributed by atoms with Crippen molar-refractivity contribution in [2.24, 2.45) is 5.73 Å². The standard InChI is InChI=1S/C16H20N2O/c1-13-5-7-15(8-6-13)19-11-9-14(12-17)16-4-2-3-10-18-16/h2-8,10,14H,9,11-12,17H2,1H3. The number of rotatable bonds is 6. The van der Waals surface area contributed by atoms with E-state index in [-0.39, 0.29) is 5.92 Å². The summed E-state index contributed by atoms with van der Waals surface area (Å²) >= 11 is 0. The largest absolute Gasteiger partial charge is 0.494 e. The van der Waals surface area contributed by atoms with Gasteiger partial charge in [0.15, 0.2) is 0 Å². The Labute approximate surface area is 114 Å². The van der Waals surface area contributed by atoms with Crippen molar-refractivity contribution in [3.05, 3.63) is 59.9 Å². The zero-order valence-electron chi connectivity index (χ0n) is 11.3. The van der Waals surface area contributed by atoms with Gasteiger partial charge in [0, 0.05) is 24.4 Å². The highest BCUT2D eigenvalue weighted by atomic mass is 16.5. The smallest absolute Gasteiger partial charge is 0.119 e. The molecule has 1 heterocycles. The van der Waals surface area contributed by atoms with Crippen molar-refractivity contribution in [2.75, 3.05) is 13.2 Å². The van der Waals surface area contributed by atoms with Gasteiger partial charge in [-0.2, -0.15) is 0 Å². The first-order chi connectivity index (χ1) is 9.29. The molecule has 0 aliphatic heterocycles. The number of nitrogens with two attached hydrogens (primary N) is 1. The van der Waals surface area contributed by atoms with Crippen LogP contribution in [0.4, 0.5) is 0 Å². The number of ether oxygens (including phenoxy) is 1. The number of pyridine rings is 1. The van der Waals surface area contributed by atoms with Crippen molar-refractivity contribution < 1.29 is 4.74 Å². The van der Waals surface area contributed by atoms with Crippen molar-refractivity contribution in [1.29, 1.82) is 0 Å². The van der Waals surface area contributed by atoms with Gasteiger partial charge in [0.2, 0.25) is 0 Å². The second kappa shape index (κ2) is 6.90. The summed E-state index contributed by atoms with van der Waals surface area (Å²) in [5.41, 5.74) is 8.08. The summed E-state index contributed by atoms with van der Waals surface area (Å²) in [5, 5.41) is 0. The fraction of sp³-hybridized carbons (Fsp3) is 0.312. The SMILES string of the molecule is Cc1ccc(OCCC(CN)c2ccccn2)cc1. The van der Waals surface area contributed by atoms with Gasteiger partial charge in [-0.25, -0.2) is 0 Å². The van der Waals surface area contributed by atoms with E-state index < -0.39 is 0 Å². The van der Waals surface area contributed by atoms with Gasteiger partial charge < -0.3 is 10.5 Å². The minimum atomic E-state index is 0.256. The Bertz CT molecular complexity index is 482. The maximum Gasteiger partial charge on any atom is 0.119 e. The van der Waals surface area contributed by atoms with Crippen LogP contribution in [0.25, 0.3) is 0 Å². The van der Waals surface area contributed by atoms with Gasteiger partial charge in [0.05, 0.1) is 6.61 Å². The van der Waals surface area contributed by atoms with Crippen LogP contribution in [0.2, 0.25) is 0 Å². The van der Waals surface area contributed by atoms with Crippen molar-refractivity contribution in [3.8, 4) is 5.75 Å². The third-order valence-electron chi connectivity index (χ3n) is 3.15. The average molecular weight is 256 g/mol.